The van der Waals surface area contributed by atoms with E-state index in [9.17, 15) is 42.6 Å². The number of ether oxygens (including phenoxy) is 1. The van der Waals surface area contributed by atoms with Crippen molar-refractivity contribution in [3.8, 4) is 5.75 Å². The molecule has 0 bridgehead atoms. The number of fused-ring (bicyclic) bond motifs is 1. The quantitative estimate of drug-likeness (QED) is 0.302. The lowest BCUT2D eigenvalue weighted by Crippen LogP contribution is -2.57. The number of imide groups is 1. The molecule has 0 saturated carbocycles. The molecule has 0 aliphatic carbocycles. The molecule has 2 saturated heterocycles. The molecular weight excluding hydrogens is 453 g/mol. The Bertz CT molecular complexity index is 969. The van der Waals surface area contributed by atoms with Gasteiger partial charge in [0.1, 0.15) is 11.3 Å². The van der Waals surface area contributed by atoms with Crippen molar-refractivity contribution in [1.29, 1.82) is 0 Å². The lowest BCUT2D eigenvalue weighted by molar-refractivity contribution is -0.274. The van der Waals surface area contributed by atoms with E-state index >= 15 is 0 Å². The van der Waals surface area contributed by atoms with Crippen LogP contribution >= 0.6 is 0 Å². The Hall–Kier alpha value is -3.19. The SMILES string of the molecule is O=C(O)CC1(C(=O)O)NC(c2cccc(OC(F)(F)F)c2)C2C(=O)N(CCCCO)C(=O)C21. The van der Waals surface area contributed by atoms with Gasteiger partial charge in [-0.25, -0.2) is 0 Å². The minimum absolute atomic E-state index is 0.0265. The molecule has 2 aliphatic rings. The number of aliphatic hydroxyl groups excluding tert-OH is 1. The summed E-state index contributed by atoms with van der Waals surface area (Å²) in [6.45, 7) is -0.310. The zero-order chi connectivity index (χ0) is 24.6. The summed E-state index contributed by atoms with van der Waals surface area (Å²) >= 11 is 0. The first-order valence-electron chi connectivity index (χ1n) is 9.96. The molecule has 2 fully saturated rings. The van der Waals surface area contributed by atoms with Gasteiger partial charge in [-0.15, -0.1) is 13.2 Å². The number of carbonyl (C=O) groups is 4. The molecule has 10 nitrogen and oxygen atoms in total. The van der Waals surface area contributed by atoms with Gasteiger partial charge in [-0.2, -0.15) is 0 Å². The van der Waals surface area contributed by atoms with Crippen LogP contribution in [0.1, 0.15) is 30.9 Å². The molecule has 1 aromatic carbocycles. The van der Waals surface area contributed by atoms with Crippen LogP contribution in [-0.2, 0) is 19.2 Å². The summed E-state index contributed by atoms with van der Waals surface area (Å²) in [6, 6.07) is 3.22. The predicted octanol–water partition coefficient (Wildman–Crippen LogP) is 0.901. The van der Waals surface area contributed by atoms with E-state index in [2.05, 4.69) is 10.1 Å². The second-order valence-electron chi connectivity index (χ2n) is 7.85. The van der Waals surface area contributed by atoms with E-state index in [1.54, 1.807) is 0 Å². The molecular formula is C20H21F3N2O8. The summed E-state index contributed by atoms with van der Waals surface area (Å²) in [5.74, 6) is -8.45. The van der Waals surface area contributed by atoms with Gasteiger partial charge >= 0.3 is 18.3 Å². The maximum absolute atomic E-state index is 13.1. The number of unbranched alkanes of at least 4 members (excludes halogenated alkanes) is 1. The first kappa shape index (κ1) is 24.5. The molecule has 0 radical (unpaired) electrons. The van der Waals surface area contributed by atoms with E-state index in [1.807, 2.05) is 0 Å². The van der Waals surface area contributed by atoms with Crippen LogP contribution in [0.15, 0.2) is 24.3 Å². The number of rotatable bonds is 9. The van der Waals surface area contributed by atoms with Crippen molar-refractivity contribution in [3.05, 3.63) is 29.8 Å². The number of carbonyl (C=O) groups excluding carboxylic acids is 2. The minimum atomic E-state index is -5.00. The van der Waals surface area contributed by atoms with Gasteiger partial charge in [0.15, 0.2) is 0 Å². The molecule has 1 aromatic rings. The van der Waals surface area contributed by atoms with Crippen molar-refractivity contribution in [1.82, 2.24) is 10.2 Å². The van der Waals surface area contributed by atoms with E-state index in [0.29, 0.717) is 0 Å². The topological polar surface area (TPSA) is 153 Å². The molecule has 13 heteroatoms. The summed E-state index contributed by atoms with van der Waals surface area (Å²) in [5, 5.41) is 30.8. The van der Waals surface area contributed by atoms with Crippen molar-refractivity contribution in [3.63, 3.8) is 0 Å². The third kappa shape index (κ3) is 4.64. The van der Waals surface area contributed by atoms with E-state index in [0.717, 1.165) is 17.0 Å². The van der Waals surface area contributed by atoms with Crippen LogP contribution in [0.4, 0.5) is 13.2 Å². The molecule has 0 spiro atoms. The van der Waals surface area contributed by atoms with Crippen LogP contribution in [0.2, 0.25) is 0 Å². The highest BCUT2D eigenvalue weighted by Crippen LogP contribution is 2.50. The summed E-state index contributed by atoms with van der Waals surface area (Å²) in [4.78, 5) is 50.8. The van der Waals surface area contributed by atoms with Crippen LogP contribution in [0.3, 0.4) is 0 Å². The number of aliphatic carboxylic acids is 2. The van der Waals surface area contributed by atoms with Gasteiger partial charge in [0.05, 0.1) is 18.3 Å². The Labute approximate surface area is 184 Å². The van der Waals surface area contributed by atoms with Gasteiger partial charge in [-0.1, -0.05) is 12.1 Å². The average Bonchev–Trinajstić information content (AvgIpc) is 3.16. The number of likely N-dealkylation sites (tertiary alicyclic amines) is 1. The maximum Gasteiger partial charge on any atom is 0.573 e. The summed E-state index contributed by atoms with van der Waals surface area (Å²) in [6.07, 6.45) is -5.53. The summed E-state index contributed by atoms with van der Waals surface area (Å²) < 4.78 is 41.8. The number of nitrogens with zero attached hydrogens (tertiary/aromatic N) is 1. The van der Waals surface area contributed by atoms with Gasteiger partial charge < -0.3 is 20.1 Å². The molecule has 4 atom stereocenters. The van der Waals surface area contributed by atoms with Gasteiger partial charge in [-0.3, -0.25) is 29.4 Å². The van der Waals surface area contributed by atoms with Crippen molar-refractivity contribution >= 4 is 23.8 Å². The second kappa shape index (κ2) is 8.98. The zero-order valence-corrected chi connectivity index (χ0v) is 17.0. The first-order valence-corrected chi connectivity index (χ1v) is 9.96. The van der Waals surface area contributed by atoms with Crippen LogP contribution in [0, 0.1) is 11.8 Å². The normalized spacial score (nSPS) is 27.0. The van der Waals surface area contributed by atoms with Crippen molar-refractivity contribution in [2.45, 2.75) is 37.2 Å². The molecule has 3 rings (SSSR count). The maximum atomic E-state index is 13.1. The fraction of sp³-hybridized carbons (Fsp3) is 0.500. The smallest absolute Gasteiger partial charge is 0.481 e. The van der Waals surface area contributed by atoms with E-state index in [4.69, 9.17) is 5.11 Å². The first-order chi connectivity index (χ1) is 15.4. The Morgan fingerprint density at radius 2 is 1.85 bits per heavy atom. The fourth-order valence-corrected chi connectivity index (χ4v) is 4.53. The Kier molecular flexibility index (Phi) is 6.65. The number of benzene rings is 1. The van der Waals surface area contributed by atoms with Gasteiger partial charge in [0, 0.05) is 19.2 Å². The predicted molar refractivity (Wildman–Crippen MR) is 102 cm³/mol. The third-order valence-corrected chi connectivity index (χ3v) is 5.80. The molecule has 4 unspecified atom stereocenters. The number of carboxylic acids is 2. The summed E-state index contributed by atoms with van der Waals surface area (Å²) in [7, 11) is 0. The number of aliphatic hydroxyl groups is 1. The molecule has 2 amide bonds. The number of carboxylic acid groups (broad SMARTS) is 2. The van der Waals surface area contributed by atoms with E-state index < -0.39 is 65.7 Å². The van der Waals surface area contributed by atoms with Crippen LogP contribution in [0.5, 0.6) is 5.75 Å². The van der Waals surface area contributed by atoms with Crippen molar-refractivity contribution in [2.75, 3.05) is 13.2 Å². The second-order valence-corrected chi connectivity index (χ2v) is 7.85. The molecule has 0 aromatic heterocycles. The van der Waals surface area contributed by atoms with Gasteiger partial charge in [0.25, 0.3) is 0 Å². The lowest BCUT2D eigenvalue weighted by atomic mass is 9.77. The minimum Gasteiger partial charge on any atom is -0.481 e. The highest BCUT2D eigenvalue weighted by molar-refractivity contribution is 6.10. The van der Waals surface area contributed by atoms with E-state index in [-0.39, 0.29) is 31.6 Å². The zero-order valence-electron chi connectivity index (χ0n) is 17.0. The molecule has 33 heavy (non-hydrogen) atoms. The number of nitrogens with one attached hydrogen (secondary N) is 1. The van der Waals surface area contributed by atoms with E-state index in [1.165, 1.54) is 12.1 Å². The highest BCUT2D eigenvalue weighted by Gasteiger charge is 2.69. The largest absolute Gasteiger partial charge is 0.573 e. The Morgan fingerprint density at radius 3 is 2.42 bits per heavy atom. The lowest BCUT2D eigenvalue weighted by Gasteiger charge is -2.29. The van der Waals surface area contributed by atoms with Crippen LogP contribution in [0.25, 0.3) is 0 Å². The summed E-state index contributed by atoms with van der Waals surface area (Å²) in [5.41, 5.74) is -2.33. The van der Waals surface area contributed by atoms with Crippen molar-refractivity contribution < 1.29 is 52.4 Å². The number of hydrogen-bond donors (Lipinski definition) is 4. The van der Waals surface area contributed by atoms with Gasteiger partial charge in [0.2, 0.25) is 11.8 Å². The fourth-order valence-electron chi connectivity index (χ4n) is 4.53. The monoisotopic (exact) mass is 474 g/mol. The molecule has 2 heterocycles. The Morgan fingerprint density at radius 1 is 1.15 bits per heavy atom. The standard InChI is InChI=1S/C20H21F3N2O8/c21-20(22,23)33-11-5-3-4-10(8-11)15-13-14(19(24-15,18(31)32)9-12(27)28)17(30)25(16(13)29)6-1-2-7-26/h3-5,8,13-15,24,26H,1-2,6-7,9H2,(H,27,28)(H,31,32). The number of amides is 2. The van der Waals surface area contributed by atoms with Gasteiger partial charge in [-0.05, 0) is 30.5 Å². The molecule has 2 aliphatic heterocycles. The van der Waals surface area contributed by atoms with Crippen molar-refractivity contribution in [2.24, 2.45) is 11.8 Å². The Balaban J connectivity index is 2.06. The van der Waals surface area contributed by atoms with Crippen LogP contribution < -0.4 is 10.1 Å². The third-order valence-electron chi connectivity index (χ3n) is 5.80. The molecule has 4 N–H and O–H groups in total. The number of halogens is 3. The number of hydrogen-bond acceptors (Lipinski definition) is 7. The molecule has 180 valence electrons. The van der Waals surface area contributed by atoms with Crippen LogP contribution in [-0.4, -0.2) is 69.0 Å². The highest BCUT2D eigenvalue weighted by atomic mass is 19.4. The number of alkyl halides is 3. The average molecular weight is 474 g/mol.